The van der Waals surface area contributed by atoms with Crippen LogP contribution in [0, 0.1) is 6.92 Å². The Balaban J connectivity index is 1.77. The van der Waals surface area contributed by atoms with Crippen LogP contribution in [0.5, 0.6) is 11.5 Å². The van der Waals surface area contributed by atoms with E-state index in [0.717, 1.165) is 22.2 Å². The number of hydrogen-bond donors (Lipinski definition) is 1. The molecule has 3 rings (SSSR count). The fraction of sp³-hybridized carbons (Fsp3) is 0.227. The van der Waals surface area contributed by atoms with Gasteiger partial charge in [0.15, 0.2) is 11.5 Å². The number of nitrogens with one attached hydrogen (secondary N) is 1. The van der Waals surface area contributed by atoms with E-state index in [1.165, 1.54) is 0 Å². The van der Waals surface area contributed by atoms with E-state index < -0.39 is 0 Å². The zero-order chi connectivity index (χ0) is 20.1. The number of ether oxygens (including phenoxy) is 2. The van der Waals surface area contributed by atoms with Gasteiger partial charge in [-0.1, -0.05) is 18.2 Å². The molecule has 2 aromatic carbocycles. The Kier molecular flexibility index (Phi) is 5.89. The zero-order valence-electron chi connectivity index (χ0n) is 16.4. The minimum absolute atomic E-state index is 0.0475. The first-order valence-corrected chi connectivity index (χ1v) is 9.02. The molecule has 1 aromatic heterocycles. The second kappa shape index (κ2) is 8.52. The van der Waals surface area contributed by atoms with Gasteiger partial charge in [-0.05, 0) is 56.7 Å². The molecule has 1 N–H and O–H groups in total. The molecule has 0 atom stereocenters. The van der Waals surface area contributed by atoms with Gasteiger partial charge in [0.1, 0.15) is 0 Å². The van der Waals surface area contributed by atoms with Gasteiger partial charge in [-0.15, -0.1) is 0 Å². The van der Waals surface area contributed by atoms with Crippen LogP contribution in [0.4, 0.5) is 0 Å². The highest BCUT2D eigenvalue weighted by molar-refractivity contribution is 6.06. The summed E-state index contributed by atoms with van der Waals surface area (Å²) in [7, 11) is 1.59. The molecule has 0 unspecified atom stereocenters. The van der Waals surface area contributed by atoms with E-state index in [1.54, 1.807) is 25.5 Å². The average molecular weight is 377 g/mol. The molecule has 0 saturated carbocycles. The Morgan fingerprint density at radius 1 is 1.14 bits per heavy atom. The van der Waals surface area contributed by atoms with E-state index in [0.29, 0.717) is 17.1 Å². The van der Waals surface area contributed by atoms with Gasteiger partial charge in [0, 0.05) is 11.1 Å². The van der Waals surface area contributed by atoms with Crippen molar-refractivity contribution in [1.82, 2.24) is 10.4 Å². The number of nitrogens with zero attached hydrogens (tertiary/aromatic N) is 2. The summed E-state index contributed by atoms with van der Waals surface area (Å²) in [5, 5.41) is 4.87. The number of benzene rings is 2. The number of para-hydroxylation sites is 1. The van der Waals surface area contributed by atoms with Gasteiger partial charge in [-0.2, -0.15) is 5.10 Å². The molecule has 144 valence electrons. The van der Waals surface area contributed by atoms with E-state index in [-0.39, 0.29) is 12.0 Å². The van der Waals surface area contributed by atoms with Crippen LogP contribution >= 0.6 is 0 Å². The van der Waals surface area contributed by atoms with Gasteiger partial charge in [0.2, 0.25) is 0 Å². The van der Waals surface area contributed by atoms with Crippen LogP contribution in [0.3, 0.4) is 0 Å². The lowest BCUT2D eigenvalue weighted by atomic mass is 10.1. The standard InChI is InChI=1S/C22H23N3O3/c1-14(2)28-20-10-9-16(12-21(20)27-4)13-23-25-22(26)18-11-15(3)24-19-8-6-5-7-17(18)19/h5-14H,1-4H3,(H,25,26)/b23-13+. The van der Waals surface area contributed by atoms with Crippen molar-refractivity contribution in [2.24, 2.45) is 5.10 Å². The number of hydrazone groups is 1. The quantitative estimate of drug-likeness (QED) is 0.518. The number of carbonyl (C=O) groups excluding carboxylic acids is 1. The number of hydrogen-bond acceptors (Lipinski definition) is 5. The predicted octanol–water partition coefficient (Wildman–Crippen LogP) is 4.10. The molecule has 28 heavy (non-hydrogen) atoms. The maximum atomic E-state index is 12.6. The summed E-state index contributed by atoms with van der Waals surface area (Å²) in [6, 6.07) is 14.8. The van der Waals surface area contributed by atoms with Crippen LogP contribution in [0.1, 0.15) is 35.5 Å². The van der Waals surface area contributed by atoms with Gasteiger partial charge in [-0.25, -0.2) is 5.43 Å². The lowest BCUT2D eigenvalue weighted by molar-refractivity contribution is 0.0956. The molecular formula is C22H23N3O3. The van der Waals surface area contributed by atoms with Gasteiger partial charge in [0.05, 0.1) is 30.5 Å². The monoisotopic (exact) mass is 377 g/mol. The van der Waals surface area contributed by atoms with Crippen LogP contribution in [0.2, 0.25) is 0 Å². The fourth-order valence-corrected chi connectivity index (χ4v) is 2.84. The summed E-state index contributed by atoms with van der Waals surface area (Å²) in [5.41, 5.74) is 5.46. The van der Waals surface area contributed by atoms with E-state index in [9.17, 15) is 4.79 Å². The predicted molar refractivity (Wildman–Crippen MR) is 110 cm³/mol. The Hall–Kier alpha value is -3.41. The lowest BCUT2D eigenvalue weighted by Crippen LogP contribution is -2.18. The summed E-state index contributed by atoms with van der Waals surface area (Å²) in [6.07, 6.45) is 1.61. The Morgan fingerprint density at radius 3 is 2.68 bits per heavy atom. The van der Waals surface area contributed by atoms with Crippen molar-refractivity contribution in [1.29, 1.82) is 0 Å². The summed E-state index contributed by atoms with van der Waals surface area (Å²) < 4.78 is 11.1. The normalized spacial score (nSPS) is 11.2. The van der Waals surface area contributed by atoms with Crippen molar-refractivity contribution in [3.8, 4) is 11.5 Å². The molecule has 0 spiro atoms. The third kappa shape index (κ3) is 4.46. The molecule has 0 aliphatic rings. The first-order valence-electron chi connectivity index (χ1n) is 9.02. The number of fused-ring (bicyclic) bond motifs is 1. The molecular weight excluding hydrogens is 354 g/mol. The molecule has 6 heteroatoms. The summed E-state index contributed by atoms with van der Waals surface area (Å²) in [4.78, 5) is 17.1. The number of methoxy groups -OCH3 is 1. The number of pyridine rings is 1. The molecule has 0 bridgehead atoms. The van der Waals surface area contributed by atoms with Crippen molar-refractivity contribution in [3.05, 3.63) is 65.4 Å². The molecule has 0 fully saturated rings. The first kappa shape index (κ1) is 19.4. The maximum Gasteiger partial charge on any atom is 0.272 e. The van der Waals surface area contributed by atoms with Crippen molar-refractivity contribution in [3.63, 3.8) is 0 Å². The third-order valence-electron chi connectivity index (χ3n) is 4.02. The van der Waals surface area contributed by atoms with Crippen LogP contribution in [-0.2, 0) is 0 Å². The van der Waals surface area contributed by atoms with Gasteiger partial charge >= 0.3 is 0 Å². The largest absolute Gasteiger partial charge is 0.493 e. The molecule has 1 heterocycles. The Morgan fingerprint density at radius 2 is 1.93 bits per heavy atom. The van der Waals surface area contributed by atoms with E-state index in [2.05, 4.69) is 15.5 Å². The van der Waals surface area contributed by atoms with E-state index in [1.807, 2.05) is 57.2 Å². The van der Waals surface area contributed by atoms with Gasteiger partial charge in [0.25, 0.3) is 5.91 Å². The Labute approximate surface area is 164 Å². The fourth-order valence-electron chi connectivity index (χ4n) is 2.84. The van der Waals surface area contributed by atoms with Crippen LogP contribution in [0.25, 0.3) is 10.9 Å². The summed E-state index contributed by atoms with van der Waals surface area (Å²) in [6.45, 7) is 5.77. The molecule has 3 aromatic rings. The lowest BCUT2D eigenvalue weighted by Gasteiger charge is -2.13. The number of aryl methyl sites for hydroxylation is 1. The molecule has 0 aliphatic carbocycles. The Bertz CT molecular complexity index is 1030. The highest BCUT2D eigenvalue weighted by Gasteiger charge is 2.11. The highest BCUT2D eigenvalue weighted by atomic mass is 16.5. The van der Waals surface area contributed by atoms with Crippen molar-refractivity contribution >= 4 is 23.0 Å². The first-order chi connectivity index (χ1) is 13.5. The average Bonchev–Trinajstić information content (AvgIpc) is 2.67. The number of carbonyl (C=O) groups is 1. The minimum Gasteiger partial charge on any atom is -0.493 e. The summed E-state index contributed by atoms with van der Waals surface area (Å²) >= 11 is 0. The minimum atomic E-state index is -0.287. The molecule has 0 aliphatic heterocycles. The van der Waals surface area contributed by atoms with Crippen LogP contribution < -0.4 is 14.9 Å². The molecule has 6 nitrogen and oxygen atoms in total. The van der Waals surface area contributed by atoms with E-state index >= 15 is 0 Å². The number of aromatic nitrogens is 1. The molecule has 0 radical (unpaired) electrons. The maximum absolute atomic E-state index is 12.6. The van der Waals surface area contributed by atoms with Crippen molar-refractivity contribution < 1.29 is 14.3 Å². The number of amides is 1. The van der Waals surface area contributed by atoms with Gasteiger partial charge < -0.3 is 9.47 Å². The summed E-state index contributed by atoms with van der Waals surface area (Å²) in [5.74, 6) is 0.988. The zero-order valence-corrected chi connectivity index (χ0v) is 16.4. The number of rotatable bonds is 6. The van der Waals surface area contributed by atoms with Gasteiger partial charge in [-0.3, -0.25) is 9.78 Å². The second-order valence-electron chi connectivity index (χ2n) is 6.60. The topological polar surface area (TPSA) is 72.8 Å². The second-order valence-corrected chi connectivity index (χ2v) is 6.60. The van der Waals surface area contributed by atoms with Crippen LogP contribution in [0.15, 0.2) is 53.6 Å². The highest BCUT2D eigenvalue weighted by Crippen LogP contribution is 2.28. The molecule has 0 saturated heterocycles. The smallest absolute Gasteiger partial charge is 0.272 e. The van der Waals surface area contributed by atoms with Crippen molar-refractivity contribution in [2.75, 3.05) is 7.11 Å². The van der Waals surface area contributed by atoms with E-state index in [4.69, 9.17) is 9.47 Å². The van der Waals surface area contributed by atoms with Crippen LogP contribution in [-0.4, -0.2) is 30.3 Å². The van der Waals surface area contributed by atoms with Crippen molar-refractivity contribution in [2.45, 2.75) is 26.9 Å². The third-order valence-corrected chi connectivity index (χ3v) is 4.02. The molecule has 1 amide bonds. The SMILES string of the molecule is COc1cc(/C=N/NC(=O)c2cc(C)nc3ccccc23)ccc1OC(C)C.